The van der Waals surface area contributed by atoms with Crippen LogP contribution in [0.15, 0.2) is 24.3 Å². The molecule has 2 nitrogen and oxygen atoms in total. The molecule has 0 unspecified atom stereocenters. The first-order chi connectivity index (χ1) is 5.86. The van der Waals surface area contributed by atoms with Gasteiger partial charge in [-0.2, -0.15) is 0 Å². The van der Waals surface area contributed by atoms with Crippen LogP contribution in [0.2, 0.25) is 0 Å². The first-order valence-corrected chi connectivity index (χ1v) is 5.36. The van der Waals surface area contributed by atoms with Gasteiger partial charge in [0, 0.05) is 11.5 Å². The summed E-state index contributed by atoms with van der Waals surface area (Å²) < 4.78 is 17.2. The molecule has 1 rings (SSSR count). The van der Waals surface area contributed by atoms with Crippen LogP contribution in [-0.2, 0) is 11.5 Å². The molecule has 0 aliphatic carbocycles. The van der Waals surface area contributed by atoms with E-state index in [2.05, 4.69) is 0 Å². The second-order valence-corrected chi connectivity index (χ2v) is 3.46. The summed E-state index contributed by atoms with van der Waals surface area (Å²) in [4.78, 5) is 0. The summed E-state index contributed by atoms with van der Waals surface area (Å²) in [6.07, 6.45) is 0. The zero-order chi connectivity index (χ0) is 8.81. The van der Waals surface area contributed by atoms with Gasteiger partial charge in [-0.1, -0.05) is 24.3 Å². The van der Waals surface area contributed by atoms with Crippen LogP contribution in [-0.4, -0.2) is 9.11 Å². The molecule has 4 heteroatoms. The highest BCUT2D eigenvalue weighted by Gasteiger charge is 1.95. The van der Waals surface area contributed by atoms with Crippen molar-refractivity contribution in [3.05, 3.63) is 35.4 Å². The van der Waals surface area contributed by atoms with Gasteiger partial charge in [0.1, 0.15) is 0 Å². The summed E-state index contributed by atoms with van der Waals surface area (Å²) in [5.74, 6) is 1.20. The third kappa shape index (κ3) is 3.06. The van der Waals surface area contributed by atoms with Gasteiger partial charge in [0.15, 0.2) is 0 Å². The molecule has 1 aromatic carbocycles. The zero-order valence-electron chi connectivity index (χ0n) is 6.43. The largest absolute Gasteiger partial charge is 0.330 e. The van der Waals surface area contributed by atoms with Crippen LogP contribution in [0.25, 0.3) is 0 Å². The standard InChI is InChI=1S/C8H10O2S2/c9-11-5-7-2-1-3-8(4-7)6-12-10/h1-4,9-10H,5-6H2. The highest BCUT2D eigenvalue weighted by atomic mass is 32.2. The molecule has 0 atom stereocenters. The summed E-state index contributed by atoms with van der Waals surface area (Å²) in [5.41, 5.74) is 2.16. The number of rotatable bonds is 4. The first kappa shape index (κ1) is 9.92. The van der Waals surface area contributed by atoms with Gasteiger partial charge >= 0.3 is 0 Å². The Bertz CT molecular complexity index is 219. The topological polar surface area (TPSA) is 40.5 Å². The van der Waals surface area contributed by atoms with Gasteiger partial charge in [-0.3, -0.25) is 0 Å². The predicted molar refractivity (Wildman–Crippen MR) is 54.3 cm³/mol. The fourth-order valence-corrected chi connectivity index (χ4v) is 1.62. The van der Waals surface area contributed by atoms with Crippen molar-refractivity contribution in [2.45, 2.75) is 11.5 Å². The van der Waals surface area contributed by atoms with E-state index < -0.39 is 0 Å². The van der Waals surface area contributed by atoms with Crippen molar-refractivity contribution >= 4 is 24.1 Å². The molecule has 0 amide bonds. The van der Waals surface area contributed by atoms with E-state index >= 15 is 0 Å². The Kier molecular flexibility index (Phi) is 4.53. The Hall–Kier alpha value is -0.160. The van der Waals surface area contributed by atoms with Gasteiger partial charge in [0.2, 0.25) is 0 Å². The Morgan fingerprint density at radius 3 is 1.92 bits per heavy atom. The molecule has 0 heterocycles. The Morgan fingerprint density at radius 1 is 1.00 bits per heavy atom. The molecule has 0 bridgehead atoms. The second-order valence-electron chi connectivity index (χ2n) is 2.37. The van der Waals surface area contributed by atoms with Gasteiger partial charge in [0.25, 0.3) is 0 Å². The highest BCUT2D eigenvalue weighted by molar-refractivity contribution is 7.93. The SMILES string of the molecule is OSCc1cccc(CSO)c1. The molecule has 12 heavy (non-hydrogen) atoms. The van der Waals surface area contributed by atoms with E-state index in [0.717, 1.165) is 35.2 Å². The lowest BCUT2D eigenvalue weighted by Crippen LogP contribution is -1.84. The lowest BCUT2D eigenvalue weighted by molar-refractivity contribution is 0.663. The van der Waals surface area contributed by atoms with E-state index in [0.29, 0.717) is 11.5 Å². The maximum Gasteiger partial charge on any atom is 0.0446 e. The lowest BCUT2D eigenvalue weighted by Gasteiger charge is -2.00. The van der Waals surface area contributed by atoms with Crippen LogP contribution in [0.3, 0.4) is 0 Å². The molecule has 2 N–H and O–H groups in total. The average molecular weight is 202 g/mol. The minimum atomic E-state index is 0.601. The molecule has 0 aliphatic rings. The van der Waals surface area contributed by atoms with Crippen LogP contribution in [0.5, 0.6) is 0 Å². The molecular formula is C8H10O2S2. The van der Waals surface area contributed by atoms with Crippen LogP contribution in [0, 0.1) is 0 Å². The third-order valence-corrected chi connectivity index (χ3v) is 2.38. The quantitative estimate of drug-likeness (QED) is 0.736. The van der Waals surface area contributed by atoms with E-state index in [1.54, 1.807) is 0 Å². The first-order valence-electron chi connectivity index (χ1n) is 3.47. The predicted octanol–water partition coefficient (Wildman–Crippen LogP) is 3.10. The molecule has 0 saturated carbocycles. The molecule has 0 spiro atoms. The van der Waals surface area contributed by atoms with Crippen LogP contribution >= 0.6 is 24.1 Å². The van der Waals surface area contributed by atoms with Gasteiger partial charge in [-0.15, -0.1) is 0 Å². The van der Waals surface area contributed by atoms with Gasteiger partial charge < -0.3 is 9.11 Å². The van der Waals surface area contributed by atoms with E-state index in [4.69, 9.17) is 9.11 Å². The van der Waals surface area contributed by atoms with Crippen LogP contribution in [0.4, 0.5) is 0 Å². The Balaban J connectivity index is 2.67. The van der Waals surface area contributed by atoms with Gasteiger partial charge in [-0.05, 0) is 35.2 Å². The highest BCUT2D eigenvalue weighted by Crippen LogP contribution is 2.14. The fraction of sp³-hybridized carbons (Fsp3) is 0.250. The smallest absolute Gasteiger partial charge is 0.0446 e. The van der Waals surface area contributed by atoms with Crippen molar-refractivity contribution in [2.24, 2.45) is 0 Å². The molecule has 66 valence electrons. The van der Waals surface area contributed by atoms with Crippen LogP contribution in [0.1, 0.15) is 11.1 Å². The second kappa shape index (κ2) is 5.48. The monoisotopic (exact) mass is 202 g/mol. The molecular weight excluding hydrogens is 192 g/mol. The number of hydrogen-bond acceptors (Lipinski definition) is 4. The lowest BCUT2D eigenvalue weighted by atomic mass is 10.2. The summed E-state index contributed by atoms with van der Waals surface area (Å²) in [5, 5.41) is 0. The van der Waals surface area contributed by atoms with E-state index in [1.165, 1.54) is 0 Å². The molecule has 0 radical (unpaired) electrons. The van der Waals surface area contributed by atoms with E-state index in [1.807, 2.05) is 24.3 Å². The molecule has 0 aliphatic heterocycles. The summed E-state index contributed by atoms with van der Waals surface area (Å²) in [6.45, 7) is 0. The average Bonchev–Trinajstić information content (AvgIpc) is 2.06. The van der Waals surface area contributed by atoms with Gasteiger partial charge in [-0.25, -0.2) is 0 Å². The molecule has 1 aromatic rings. The summed E-state index contributed by atoms with van der Waals surface area (Å²) in [7, 11) is 0. The Morgan fingerprint density at radius 2 is 1.50 bits per heavy atom. The normalized spacial score (nSPS) is 10.2. The molecule has 0 fully saturated rings. The maximum atomic E-state index is 8.60. The van der Waals surface area contributed by atoms with Crippen molar-refractivity contribution in [1.29, 1.82) is 0 Å². The zero-order valence-corrected chi connectivity index (χ0v) is 8.07. The molecule has 0 saturated heterocycles. The number of benzene rings is 1. The van der Waals surface area contributed by atoms with Gasteiger partial charge in [0.05, 0.1) is 0 Å². The minimum absolute atomic E-state index is 0.601. The van der Waals surface area contributed by atoms with Crippen LogP contribution < -0.4 is 0 Å². The summed E-state index contributed by atoms with van der Waals surface area (Å²) >= 11 is 1.62. The third-order valence-electron chi connectivity index (χ3n) is 1.45. The molecule has 0 aromatic heterocycles. The number of hydrogen-bond donors (Lipinski definition) is 2. The minimum Gasteiger partial charge on any atom is -0.330 e. The van der Waals surface area contributed by atoms with Crippen molar-refractivity contribution in [3.8, 4) is 0 Å². The van der Waals surface area contributed by atoms with E-state index in [9.17, 15) is 0 Å². The maximum absolute atomic E-state index is 8.60. The van der Waals surface area contributed by atoms with Crippen molar-refractivity contribution in [2.75, 3.05) is 0 Å². The van der Waals surface area contributed by atoms with Crippen molar-refractivity contribution in [3.63, 3.8) is 0 Å². The fourth-order valence-electron chi connectivity index (χ4n) is 0.958. The van der Waals surface area contributed by atoms with E-state index in [-0.39, 0.29) is 0 Å². The van der Waals surface area contributed by atoms with Crippen molar-refractivity contribution < 1.29 is 9.11 Å². The summed E-state index contributed by atoms with van der Waals surface area (Å²) in [6, 6.07) is 7.81. The van der Waals surface area contributed by atoms with Crippen molar-refractivity contribution in [1.82, 2.24) is 0 Å². The Labute approximate surface area is 80.4 Å².